The number of urea groups is 2. The molecule has 1 atom stereocenters. The van der Waals surface area contributed by atoms with Crippen molar-refractivity contribution in [2.75, 3.05) is 27.8 Å². The highest BCUT2D eigenvalue weighted by atomic mass is 32.2. The molecule has 4 amide bonds. The molecule has 0 spiro atoms. The molecule has 12 heteroatoms. The molecule has 0 aliphatic carbocycles. The zero-order chi connectivity index (χ0) is 30.3. The van der Waals surface area contributed by atoms with Crippen LogP contribution < -0.4 is 25.6 Å². The quantitative estimate of drug-likeness (QED) is 0.248. The van der Waals surface area contributed by atoms with Crippen LogP contribution in [0.5, 0.6) is 5.75 Å². The van der Waals surface area contributed by atoms with Gasteiger partial charge in [0.25, 0.3) is 0 Å². The van der Waals surface area contributed by atoms with E-state index in [1.807, 2.05) is 31.2 Å². The number of amidine groups is 1. The number of amides is 4. The number of nitrogens with one attached hydrogen (secondary N) is 3. The molecule has 0 saturated carbocycles. The number of thioether (sulfide) groups is 1. The van der Waals surface area contributed by atoms with Crippen molar-refractivity contribution in [1.29, 1.82) is 0 Å². The van der Waals surface area contributed by atoms with E-state index in [2.05, 4.69) is 56.6 Å². The van der Waals surface area contributed by atoms with Crippen molar-refractivity contribution in [2.45, 2.75) is 45.5 Å². The van der Waals surface area contributed by atoms with Gasteiger partial charge in [-0.2, -0.15) is 4.99 Å². The first-order chi connectivity index (χ1) is 20.0. The third-order valence-electron chi connectivity index (χ3n) is 6.29. The number of aliphatic imine (C=N–C) groups is 1. The number of ether oxygens (including phenoxy) is 1. The fourth-order valence-electron chi connectivity index (χ4n) is 4.43. The molecule has 3 aromatic rings. The van der Waals surface area contributed by atoms with Crippen molar-refractivity contribution >= 4 is 46.1 Å². The SMILES string of the molecule is CC(Cc1ccc(NC(=O)Nc2ccc(OC(F)(F)F)cc2)cc1)NC(=O)/N=C1\SCCN1c1ccccc1C(C)C. The van der Waals surface area contributed by atoms with Crippen molar-refractivity contribution < 1.29 is 27.5 Å². The topological polar surface area (TPSA) is 95.1 Å². The van der Waals surface area contributed by atoms with Crippen molar-refractivity contribution in [3.63, 3.8) is 0 Å². The van der Waals surface area contributed by atoms with Gasteiger partial charge in [0.2, 0.25) is 0 Å². The fraction of sp³-hybridized carbons (Fsp3) is 0.300. The van der Waals surface area contributed by atoms with Crippen molar-refractivity contribution in [3.05, 3.63) is 83.9 Å². The Morgan fingerprint density at radius 1 is 0.952 bits per heavy atom. The molecule has 8 nitrogen and oxygen atoms in total. The summed E-state index contributed by atoms with van der Waals surface area (Å²) < 4.78 is 40.7. The summed E-state index contributed by atoms with van der Waals surface area (Å²) in [5, 5.41) is 8.84. The summed E-state index contributed by atoms with van der Waals surface area (Å²) in [7, 11) is 0. The van der Waals surface area contributed by atoms with E-state index >= 15 is 0 Å². The van der Waals surface area contributed by atoms with Crippen LogP contribution >= 0.6 is 11.8 Å². The van der Waals surface area contributed by atoms with Crippen LogP contribution in [0.4, 0.5) is 39.8 Å². The third-order valence-corrected chi connectivity index (χ3v) is 7.25. The number of nitrogens with zero attached hydrogens (tertiary/aromatic N) is 2. The molecule has 42 heavy (non-hydrogen) atoms. The molecule has 1 aliphatic heterocycles. The molecule has 3 N–H and O–H groups in total. The number of anilines is 3. The third kappa shape index (κ3) is 8.90. The second-order valence-electron chi connectivity index (χ2n) is 10.0. The lowest BCUT2D eigenvalue weighted by Gasteiger charge is -2.23. The van der Waals surface area contributed by atoms with Crippen LogP contribution in [0.25, 0.3) is 0 Å². The lowest BCUT2D eigenvalue weighted by molar-refractivity contribution is -0.274. The summed E-state index contributed by atoms with van der Waals surface area (Å²) >= 11 is 1.56. The van der Waals surface area contributed by atoms with E-state index in [1.165, 1.54) is 17.7 Å². The van der Waals surface area contributed by atoms with E-state index in [1.54, 1.807) is 23.9 Å². The first-order valence-corrected chi connectivity index (χ1v) is 14.4. The molecule has 3 aromatic carbocycles. The standard InChI is InChI=1S/C30H32F3N5O3S/c1-19(2)25-6-4-5-7-26(25)38-16-17-42-29(38)37-27(39)34-20(3)18-21-8-10-22(11-9-21)35-28(40)36-23-12-14-24(15-13-23)41-30(31,32)33/h4-15,19-20H,16-18H2,1-3H3,(H,34,39)(H2,35,36,40)/b37-29-. The molecule has 1 saturated heterocycles. The molecule has 0 radical (unpaired) electrons. The molecule has 222 valence electrons. The van der Waals surface area contributed by atoms with E-state index in [0.29, 0.717) is 28.9 Å². The zero-order valence-corrected chi connectivity index (χ0v) is 24.2. The van der Waals surface area contributed by atoms with E-state index in [4.69, 9.17) is 0 Å². The largest absolute Gasteiger partial charge is 0.573 e. The summed E-state index contributed by atoms with van der Waals surface area (Å²) in [6.07, 6.45) is -4.23. The number of carbonyl (C=O) groups excluding carboxylic acids is 2. The number of carbonyl (C=O) groups is 2. The number of para-hydroxylation sites is 1. The normalized spacial score (nSPS) is 15.0. The van der Waals surface area contributed by atoms with Gasteiger partial charge < -0.3 is 25.6 Å². The number of halogens is 3. The smallest absolute Gasteiger partial charge is 0.406 e. The van der Waals surface area contributed by atoms with Crippen LogP contribution in [0.3, 0.4) is 0 Å². The first kappa shape index (κ1) is 30.8. The highest BCUT2D eigenvalue weighted by Crippen LogP contribution is 2.32. The molecule has 1 unspecified atom stereocenters. The molecule has 1 fully saturated rings. The molecule has 0 bridgehead atoms. The fourth-order valence-corrected chi connectivity index (χ4v) is 5.38. The molecule has 1 aliphatic rings. The maximum atomic E-state index is 12.8. The monoisotopic (exact) mass is 599 g/mol. The maximum absolute atomic E-state index is 12.8. The second kappa shape index (κ2) is 13.6. The highest BCUT2D eigenvalue weighted by molar-refractivity contribution is 8.14. The predicted octanol–water partition coefficient (Wildman–Crippen LogP) is 7.60. The molecule has 1 heterocycles. The molecular formula is C30H32F3N5O3S. The Bertz CT molecular complexity index is 1410. The number of hydrogen-bond donors (Lipinski definition) is 3. The van der Waals surface area contributed by atoms with Crippen LogP contribution in [0.1, 0.15) is 37.8 Å². The summed E-state index contributed by atoms with van der Waals surface area (Å²) in [5.74, 6) is 0.824. The van der Waals surface area contributed by atoms with Crippen LogP contribution in [-0.4, -0.2) is 41.9 Å². The minimum absolute atomic E-state index is 0.184. The van der Waals surface area contributed by atoms with Gasteiger partial charge in [-0.25, -0.2) is 9.59 Å². The van der Waals surface area contributed by atoms with E-state index in [0.717, 1.165) is 35.7 Å². The zero-order valence-electron chi connectivity index (χ0n) is 23.4. The number of rotatable bonds is 8. The van der Waals surface area contributed by atoms with Gasteiger partial charge in [0.1, 0.15) is 5.75 Å². The maximum Gasteiger partial charge on any atom is 0.573 e. The Kier molecular flexibility index (Phi) is 10.00. The van der Waals surface area contributed by atoms with Gasteiger partial charge in [-0.3, -0.25) is 0 Å². The summed E-state index contributed by atoms with van der Waals surface area (Å²) in [6.45, 7) is 6.98. The Hall–Kier alpha value is -4.19. The van der Waals surface area contributed by atoms with Gasteiger partial charge >= 0.3 is 18.4 Å². The van der Waals surface area contributed by atoms with Gasteiger partial charge in [0, 0.05) is 35.4 Å². The van der Waals surface area contributed by atoms with Crippen molar-refractivity contribution in [2.24, 2.45) is 4.99 Å². The van der Waals surface area contributed by atoms with E-state index in [9.17, 15) is 22.8 Å². The van der Waals surface area contributed by atoms with Gasteiger partial charge in [0.15, 0.2) is 5.17 Å². The van der Waals surface area contributed by atoms with Crippen LogP contribution in [0, 0.1) is 0 Å². The van der Waals surface area contributed by atoms with Crippen LogP contribution in [0.15, 0.2) is 77.8 Å². The highest BCUT2D eigenvalue weighted by Gasteiger charge is 2.31. The molecule has 4 rings (SSSR count). The van der Waals surface area contributed by atoms with Gasteiger partial charge in [-0.05, 0) is 72.9 Å². The van der Waals surface area contributed by atoms with E-state index < -0.39 is 18.4 Å². The van der Waals surface area contributed by atoms with E-state index in [-0.39, 0.29) is 11.8 Å². The minimum Gasteiger partial charge on any atom is -0.406 e. The summed E-state index contributed by atoms with van der Waals surface area (Å²) in [4.78, 5) is 31.5. The molecular weight excluding hydrogens is 567 g/mol. The number of hydrogen-bond acceptors (Lipinski definition) is 4. The summed E-state index contributed by atoms with van der Waals surface area (Å²) in [6, 6.07) is 19.0. The van der Waals surface area contributed by atoms with Gasteiger partial charge in [-0.15, -0.1) is 13.2 Å². The minimum atomic E-state index is -4.78. The van der Waals surface area contributed by atoms with Crippen molar-refractivity contribution in [3.8, 4) is 5.75 Å². The lowest BCUT2D eigenvalue weighted by atomic mass is 10.0. The Balaban J connectivity index is 1.27. The average molecular weight is 600 g/mol. The van der Waals surface area contributed by atoms with Crippen molar-refractivity contribution in [1.82, 2.24) is 5.32 Å². The Labute approximate surface area is 246 Å². The van der Waals surface area contributed by atoms with Gasteiger partial charge in [0.05, 0.1) is 0 Å². The van der Waals surface area contributed by atoms with Gasteiger partial charge in [-0.1, -0.05) is 55.9 Å². The lowest BCUT2D eigenvalue weighted by Crippen LogP contribution is -2.34. The predicted molar refractivity (Wildman–Crippen MR) is 162 cm³/mol. The van der Waals surface area contributed by atoms with Crippen LogP contribution in [-0.2, 0) is 6.42 Å². The second-order valence-corrected chi connectivity index (χ2v) is 11.1. The van der Waals surface area contributed by atoms with Crippen LogP contribution in [0.2, 0.25) is 0 Å². The molecule has 0 aromatic heterocycles. The Morgan fingerprint density at radius 3 is 2.19 bits per heavy atom. The first-order valence-electron chi connectivity index (χ1n) is 13.4. The number of alkyl halides is 3. The number of benzene rings is 3. The average Bonchev–Trinajstić information content (AvgIpc) is 3.37. The summed E-state index contributed by atoms with van der Waals surface area (Å²) in [5.41, 5.74) is 4.06. The Morgan fingerprint density at radius 2 is 1.57 bits per heavy atom.